The van der Waals surface area contributed by atoms with E-state index in [9.17, 15) is 0 Å². The molecule has 0 aliphatic carbocycles. The third-order valence-corrected chi connectivity index (χ3v) is 0. The van der Waals surface area contributed by atoms with E-state index in [1.54, 1.807) is 0 Å². The van der Waals surface area contributed by atoms with E-state index in [0.717, 1.165) is 6.42 Å². The summed E-state index contributed by atoms with van der Waals surface area (Å²) in [6.07, 6.45) is 1.00. The monoisotopic (exact) mass is 107 g/mol. The van der Waals surface area contributed by atoms with Crippen molar-refractivity contribution in [3.05, 3.63) is 13.1 Å². The van der Waals surface area contributed by atoms with Gasteiger partial charge in [0.1, 0.15) is 0 Å². The van der Waals surface area contributed by atoms with Gasteiger partial charge in [-0.2, -0.15) is 6.42 Å². The second kappa shape index (κ2) is 22.5. The second-order valence-electron chi connectivity index (χ2n) is 0.500. The fraction of sp³-hybridized carbons (Fsp3) is 0.667. The first kappa shape index (κ1) is 17.3. The van der Waals surface area contributed by atoms with Gasteiger partial charge in [0.15, 0.2) is 0 Å². The van der Waals surface area contributed by atoms with E-state index in [1.165, 1.54) is 0 Å². The van der Waals surface area contributed by atoms with Gasteiger partial charge in [-0.1, -0.05) is 6.92 Å². The number of hydrogen-bond donors (Lipinski definition) is 0. The predicted molar refractivity (Wildman–Crippen MR) is 20.9 cm³/mol. The van der Waals surface area contributed by atoms with E-state index in [4.69, 9.17) is 0 Å². The molecule has 0 aromatic heterocycles. The Balaban J connectivity index is -0.0000000200. The molecule has 1 nitrogen and oxygen atoms in total. The van der Waals surface area contributed by atoms with Crippen LogP contribution in [-0.4, -0.2) is 0 Å². The van der Waals surface area contributed by atoms with Crippen molar-refractivity contribution >= 4 is 0 Å². The smallest absolute Gasteiger partial charge is 0.693 e. The van der Waals surface area contributed by atoms with Crippen molar-refractivity contribution in [2.24, 2.45) is 0 Å². The van der Waals surface area contributed by atoms with Crippen molar-refractivity contribution in [2.45, 2.75) is 13.3 Å². The Morgan fingerprint density at radius 1 is 1.60 bits per heavy atom. The molecule has 0 unspecified atom stereocenters. The van der Waals surface area contributed by atoms with Gasteiger partial charge < -0.3 is 13.1 Å². The first-order chi connectivity index (χ1) is 1.41. The SMILES string of the molecule is [CH2-]CC.[NH2-].[Ti+2]. The van der Waals surface area contributed by atoms with Gasteiger partial charge in [-0.3, -0.25) is 0 Å². The molecule has 0 heterocycles. The third-order valence-electron chi connectivity index (χ3n) is 0. The predicted octanol–water partition coefficient (Wildman–Crippen LogP) is 1.95. The van der Waals surface area contributed by atoms with Crippen LogP contribution in [0.5, 0.6) is 0 Å². The Hall–Kier alpha value is 0.674. The minimum Gasteiger partial charge on any atom is -0.693 e. The van der Waals surface area contributed by atoms with E-state index >= 15 is 0 Å². The van der Waals surface area contributed by atoms with Crippen LogP contribution in [0.15, 0.2) is 0 Å². The maximum absolute atomic E-state index is 3.49. The normalized spacial score (nSPS) is 3.60. The second-order valence-corrected chi connectivity index (χ2v) is 0.500. The molecular weight excluding hydrogens is 97.9 g/mol. The standard InChI is InChI=1S/C3H7.H2N.Ti/c1-3-2;;/h1,3H2,2H3;1H2;/q2*-1;+2. The molecule has 5 heavy (non-hydrogen) atoms. The minimum atomic E-state index is 0. The summed E-state index contributed by atoms with van der Waals surface area (Å²) in [5.41, 5.74) is 0. The Morgan fingerprint density at radius 3 is 1.60 bits per heavy atom. The quantitative estimate of drug-likeness (QED) is 0.335. The van der Waals surface area contributed by atoms with Crippen molar-refractivity contribution in [1.29, 1.82) is 0 Å². The first-order valence-corrected chi connectivity index (χ1v) is 1.21. The van der Waals surface area contributed by atoms with Gasteiger partial charge in [-0.05, 0) is 0 Å². The van der Waals surface area contributed by atoms with E-state index in [-0.39, 0.29) is 27.9 Å². The average molecular weight is 107 g/mol. The van der Waals surface area contributed by atoms with E-state index in [0.29, 0.717) is 0 Å². The summed E-state index contributed by atoms with van der Waals surface area (Å²) < 4.78 is 0. The van der Waals surface area contributed by atoms with Crippen molar-refractivity contribution in [1.82, 2.24) is 0 Å². The Morgan fingerprint density at radius 2 is 1.60 bits per heavy atom. The van der Waals surface area contributed by atoms with Gasteiger partial charge in [-0.15, -0.1) is 0 Å². The molecule has 0 aliphatic rings. The summed E-state index contributed by atoms with van der Waals surface area (Å²) in [7, 11) is 0. The van der Waals surface area contributed by atoms with Crippen molar-refractivity contribution < 1.29 is 21.7 Å². The molecule has 30 valence electrons. The van der Waals surface area contributed by atoms with Gasteiger partial charge in [-0.25, -0.2) is 0 Å². The van der Waals surface area contributed by atoms with Crippen LogP contribution in [-0.2, 0) is 21.7 Å². The molecule has 0 aromatic carbocycles. The van der Waals surface area contributed by atoms with E-state index < -0.39 is 0 Å². The van der Waals surface area contributed by atoms with Crippen LogP contribution >= 0.6 is 0 Å². The summed E-state index contributed by atoms with van der Waals surface area (Å²) in [4.78, 5) is 0. The molecule has 0 fully saturated rings. The topological polar surface area (TPSA) is 33.5 Å². The van der Waals surface area contributed by atoms with Gasteiger partial charge in [0.2, 0.25) is 0 Å². The largest absolute Gasteiger partial charge is 2.00 e. The van der Waals surface area contributed by atoms with Crippen molar-refractivity contribution in [2.75, 3.05) is 0 Å². The van der Waals surface area contributed by atoms with Crippen LogP contribution < -0.4 is 0 Å². The molecule has 2 N–H and O–H groups in total. The molecule has 2 heteroatoms. The van der Waals surface area contributed by atoms with Crippen LogP contribution in [0.25, 0.3) is 6.15 Å². The van der Waals surface area contributed by atoms with Crippen LogP contribution in [0.1, 0.15) is 13.3 Å². The maximum atomic E-state index is 3.49. The summed E-state index contributed by atoms with van der Waals surface area (Å²) >= 11 is 0. The fourth-order valence-corrected chi connectivity index (χ4v) is 0. The third kappa shape index (κ3) is 73.5. The van der Waals surface area contributed by atoms with Crippen molar-refractivity contribution in [3.8, 4) is 0 Å². The molecule has 0 aliphatic heterocycles. The zero-order valence-corrected chi connectivity index (χ0v) is 5.05. The molecule has 0 bridgehead atoms. The summed E-state index contributed by atoms with van der Waals surface area (Å²) in [5.74, 6) is 0. The Kier molecular flexibility index (Phi) is 78.0. The number of rotatable bonds is 0. The van der Waals surface area contributed by atoms with Gasteiger partial charge in [0.25, 0.3) is 0 Å². The number of nitrogens with two attached hydrogens (primary N) is 1. The molecule has 0 saturated heterocycles. The number of hydrogen-bond acceptors (Lipinski definition) is 0. The fourth-order valence-electron chi connectivity index (χ4n) is 0. The molecule has 0 amide bonds. The van der Waals surface area contributed by atoms with Gasteiger partial charge in [0, 0.05) is 0 Å². The zero-order chi connectivity index (χ0) is 2.71. The summed E-state index contributed by atoms with van der Waals surface area (Å²) in [6, 6.07) is 0. The average Bonchev–Trinajstić information content (AvgIpc) is 0.918. The van der Waals surface area contributed by atoms with E-state index in [1.807, 2.05) is 6.92 Å². The zero-order valence-electron chi connectivity index (χ0n) is 3.49. The summed E-state index contributed by atoms with van der Waals surface area (Å²) in [6.45, 7) is 5.50. The molecule has 0 spiro atoms. The molecule has 0 atom stereocenters. The van der Waals surface area contributed by atoms with Crippen LogP contribution in [0, 0.1) is 6.92 Å². The Bertz CT molecular complexity index is 6.85. The molecule has 0 radical (unpaired) electrons. The minimum absolute atomic E-state index is 0. The van der Waals surface area contributed by atoms with Gasteiger partial charge in [0.05, 0.1) is 0 Å². The van der Waals surface area contributed by atoms with Crippen molar-refractivity contribution in [3.63, 3.8) is 0 Å². The maximum Gasteiger partial charge on any atom is 2.00 e. The summed E-state index contributed by atoms with van der Waals surface area (Å²) in [5, 5.41) is 0. The van der Waals surface area contributed by atoms with Crippen LogP contribution in [0.4, 0.5) is 0 Å². The first-order valence-electron chi connectivity index (χ1n) is 1.21. The molecule has 0 rings (SSSR count). The van der Waals surface area contributed by atoms with Crippen LogP contribution in [0.3, 0.4) is 0 Å². The van der Waals surface area contributed by atoms with Gasteiger partial charge >= 0.3 is 21.7 Å². The van der Waals surface area contributed by atoms with Crippen LogP contribution in [0.2, 0.25) is 0 Å². The molecular formula is C3H9NTi. The molecule has 0 aromatic rings. The molecule has 0 saturated carbocycles. The van der Waals surface area contributed by atoms with E-state index in [2.05, 4.69) is 6.92 Å². The Labute approximate surface area is 48.6 Å².